The summed E-state index contributed by atoms with van der Waals surface area (Å²) in [5.41, 5.74) is 2.97. The van der Waals surface area contributed by atoms with Crippen LogP contribution in [0.25, 0.3) is 6.08 Å². The number of thioether (sulfide) groups is 1. The SMILES string of the molecule is CCC(Sc1cccc(NC(=O)/C(=C/c2ccc(C)cc2)NC(=O)c2ccccc2)c1)C(=O)Nc1ccc(Cl)c(C(=O)O)c1. The lowest BCUT2D eigenvalue weighted by molar-refractivity contribution is -0.116. The summed E-state index contributed by atoms with van der Waals surface area (Å²) in [5.74, 6) is -2.43. The van der Waals surface area contributed by atoms with Crippen LogP contribution in [0.2, 0.25) is 5.02 Å². The molecule has 4 rings (SSSR count). The van der Waals surface area contributed by atoms with Gasteiger partial charge in [-0.1, -0.05) is 72.6 Å². The van der Waals surface area contributed by atoms with E-state index in [0.717, 1.165) is 16.0 Å². The van der Waals surface area contributed by atoms with Gasteiger partial charge in [0.15, 0.2) is 0 Å². The molecule has 1 atom stereocenters. The van der Waals surface area contributed by atoms with Gasteiger partial charge >= 0.3 is 5.97 Å². The number of anilines is 2. The zero-order valence-corrected chi connectivity index (χ0v) is 25.5. The maximum absolute atomic E-state index is 13.4. The van der Waals surface area contributed by atoms with E-state index in [1.165, 1.54) is 23.9 Å². The summed E-state index contributed by atoms with van der Waals surface area (Å²) in [6.45, 7) is 3.83. The lowest BCUT2D eigenvalue weighted by Gasteiger charge is -2.16. The third kappa shape index (κ3) is 8.82. The first kappa shape index (κ1) is 32.1. The second kappa shape index (κ2) is 15.0. The Balaban J connectivity index is 1.49. The van der Waals surface area contributed by atoms with Crippen LogP contribution in [0.5, 0.6) is 0 Å². The maximum atomic E-state index is 13.4. The Labute approximate surface area is 264 Å². The highest BCUT2D eigenvalue weighted by Crippen LogP contribution is 2.29. The monoisotopic (exact) mass is 627 g/mol. The van der Waals surface area contributed by atoms with Crippen LogP contribution in [0, 0.1) is 6.92 Å². The predicted molar refractivity (Wildman–Crippen MR) is 175 cm³/mol. The molecule has 4 N–H and O–H groups in total. The van der Waals surface area contributed by atoms with Gasteiger partial charge in [0.05, 0.1) is 15.8 Å². The van der Waals surface area contributed by atoms with E-state index in [9.17, 15) is 24.3 Å². The number of hydrogen-bond donors (Lipinski definition) is 4. The van der Waals surface area contributed by atoms with Gasteiger partial charge in [-0.3, -0.25) is 14.4 Å². The Morgan fingerprint density at radius 3 is 2.25 bits per heavy atom. The molecule has 0 saturated carbocycles. The summed E-state index contributed by atoms with van der Waals surface area (Å²) in [5, 5.41) is 17.2. The van der Waals surface area contributed by atoms with Gasteiger partial charge in [-0.15, -0.1) is 11.8 Å². The molecule has 44 heavy (non-hydrogen) atoms. The van der Waals surface area contributed by atoms with E-state index in [0.29, 0.717) is 23.4 Å². The molecule has 0 radical (unpaired) electrons. The molecule has 0 bridgehead atoms. The molecule has 3 amide bonds. The Bertz CT molecular complexity index is 1710. The van der Waals surface area contributed by atoms with E-state index in [-0.39, 0.29) is 22.2 Å². The Morgan fingerprint density at radius 1 is 0.864 bits per heavy atom. The van der Waals surface area contributed by atoms with Crippen molar-refractivity contribution in [3.05, 3.63) is 130 Å². The van der Waals surface area contributed by atoms with Gasteiger partial charge in [0.25, 0.3) is 11.8 Å². The fraction of sp³-hybridized carbons (Fsp3) is 0.118. The third-order valence-electron chi connectivity index (χ3n) is 6.41. The fourth-order valence-corrected chi connectivity index (χ4v) is 5.31. The van der Waals surface area contributed by atoms with Crippen molar-refractivity contribution < 1.29 is 24.3 Å². The Kier molecular flexibility index (Phi) is 11.0. The number of amides is 3. The molecule has 0 saturated heterocycles. The molecule has 0 aliphatic heterocycles. The van der Waals surface area contributed by atoms with Crippen molar-refractivity contribution in [3.63, 3.8) is 0 Å². The largest absolute Gasteiger partial charge is 0.478 e. The minimum atomic E-state index is -1.19. The van der Waals surface area contributed by atoms with Crippen LogP contribution in [0.3, 0.4) is 0 Å². The first-order chi connectivity index (χ1) is 21.1. The number of halogens is 1. The Hall–Kier alpha value is -4.86. The first-order valence-corrected chi connectivity index (χ1v) is 14.9. The summed E-state index contributed by atoms with van der Waals surface area (Å²) < 4.78 is 0. The average molecular weight is 628 g/mol. The summed E-state index contributed by atoms with van der Waals surface area (Å²) in [4.78, 5) is 51.5. The minimum Gasteiger partial charge on any atom is -0.478 e. The normalized spacial score (nSPS) is 11.8. The van der Waals surface area contributed by atoms with Crippen LogP contribution in [-0.2, 0) is 9.59 Å². The highest BCUT2D eigenvalue weighted by Gasteiger charge is 2.20. The number of hydrogen-bond acceptors (Lipinski definition) is 5. The molecule has 0 heterocycles. The minimum absolute atomic E-state index is 0.0651. The van der Waals surface area contributed by atoms with Crippen molar-refractivity contribution in [2.75, 3.05) is 10.6 Å². The molecule has 0 aromatic heterocycles. The van der Waals surface area contributed by atoms with Crippen LogP contribution >= 0.6 is 23.4 Å². The van der Waals surface area contributed by atoms with Crippen molar-refractivity contribution in [2.24, 2.45) is 0 Å². The number of benzene rings is 4. The number of aromatic carboxylic acids is 1. The molecule has 4 aromatic carbocycles. The number of aryl methyl sites for hydroxylation is 1. The Morgan fingerprint density at radius 2 is 1.57 bits per heavy atom. The molecule has 4 aromatic rings. The lowest BCUT2D eigenvalue weighted by atomic mass is 10.1. The summed E-state index contributed by atoms with van der Waals surface area (Å²) in [6, 6.07) is 27.5. The third-order valence-corrected chi connectivity index (χ3v) is 8.10. The quantitative estimate of drug-likeness (QED) is 0.102. The van der Waals surface area contributed by atoms with Crippen LogP contribution < -0.4 is 16.0 Å². The van der Waals surface area contributed by atoms with Crippen LogP contribution in [-0.4, -0.2) is 34.0 Å². The van der Waals surface area contributed by atoms with Crippen LogP contribution in [0.15, 0.2) is 108 Å². The molecule has 10 heteroatoms. The number of carbonyl (C=O) groups excluding carboxylic acids is 3. The van der Waals surface area contributed by atoms with Gasteiger partial charge < -0.3 is 21.1 Å². The number of rotatable bonds is 11. The van der Waals surface area contributed by atoms with E-state index in [4.69, 9.17) is 11.6 Å². The van der Waals surface area contributed by atoms with E-state index < -0.39 is 23.0 Å². The second-order valence-corrected chi connectivity index (χ2v) is 11.5. The summed E-state index contributed by atoms with van der Waals surface area (Å²) in [7, 11) is 0. The van der Waals surface area contributed by atoms with Gasteiger partial charge in [-0.2, -0.15) is 0 Å². The number of carboxylic acids is 1. The molecule has 224 valence electrons. The molecule has 1 unspecified atom stereocenters. The van der Waals surface area contributed by atoms with Gasteiger partial charge in [-0.25, -0.2) is 4.79 Å². The van der Waals surface area contributed by atoms with Gasteiger partial charge in [0.2, 0.25) is 5.91 Å². The molecular formula is C34H30ClN3O5S. The van der Waals surface area contributed by atoms with Gasteiger partial charge in [-0.05, 0) is 73.5 Å². The molecule has 0 aliphatic carbocycles. The molecule has 0 spiro atoms. The van der Waals surface area contributed by atoms with Gasteiger partial charge in [0.1, 0.15) is 5.70 Å². The lowest BCUT2D eigenvalue weighted by Crippen LogP contribution is -2.30. The molecule has 0 fully saturated rings. The fourth-order valence-electron chi connectivity index (χ4n) is 4.09. The molecule has 0 aliphatic rings. The summed E-state index contributed by atoms with van der Waals surface area (Å²) >= 11 is 7.24. The zero-order valence-electron chi connectivity index (χ0n) is 24.0. The van der Waals surface area contributed by atoms with Gasteiger partial charge in [0, 0.05) is 21.8 Å². The zero-order chi connectivity index (χ0) is 31.6. The highest BCUT2D eigenvalue weighted by molar-refractivity contribution is 8.00. The van der Waals surface area contributed by atoms with Crippen molar-refractivity contribution >= 4 is 64.5 Å². The summed E-state index contributed by atoms with van der Waals surface area (Å²) in [6.07, 6.45) is 2.10. The van der Waals surface area contributed by atoms with E-state index in [1.54, 1.807) is 60.7 Å². The highest BCUT2D eigenvalue weighted by atomic mass is 35.5. The number of carboxylic acid groups (broad SMARTS) is 1. The number of carbonyl (C=O) groups is 4. The smallest absolute Gasteiger partial charge is 0.337 e. The van der Waals surface area contributed by atoms with Crippen molar-refractivity contribution in [1.29, 1.82) is 0 Å². The van der Waals surface area contributed by atoms with E-state index >= 15 is 0 Å². The van der Waals surface area contributed by atoms with Crippen LogP contribution in [0.1, 0.15) is 45.2 Å². The van der Waals surface area contributed by atoms with E-state index in [2.05, 4.69) is 16.0 Å². The average Bonchev–Trinajstić information content (AvgIpc) is 3.01. The predicted octanol–water partition coefficient (Wildman–Crippen LogP) is 7.27. The number of nitrogens with one attached hydrogen (secondary N) is 3. The molecule has 8 nitrogen and oxygen atoms in total. The van der Waals surface area contributed by atoms with Crippen molar-refractivity contribution in [3.8, 4) is 0 Å². The maximum Gasteiger partial charge on any atom is 0.337 e. The van der Waals surface area contributed by atoms with Crippen molar-refractivity contribution in [1.82, 2.24) is 5.32 Å². The van der Waals surface area contributed by atoms with Crippen LogP contribution in [0.4, 0.5) is 11.4 Å². The van der Waals surface area contributed by atoms with Crippen molar-refractivity contribution in [2.45, 2.75) is 30.4 Å². The first-order valence-electron chi connectivity index (χ1n) is 13.7. The molecular weight excluding hydrogens is 598 g/mol. The second-order valence-electron chi connectivity index (χ2n) is 9.77. The standard InChI is InChI=1S/C34H30ClN3O5S/c1-3-30(33(41)37-25-16-17-28(35)27(20-25)34(42)43)44-26-11-7-10-24(19-26)36-32(40)29(18-22-14-12-21(2)13-15-22)38-31(39)23-8-5-4-6-9-23/h4-20,30H,3H2,1-2H3,(H,36,40)(H,37,41)(H,38,39)(H,42,43)/b29-18-. The topological polar surface area (TPSA) is 125 Å². The van der Waals surface area contributed by atoms with E-state index in [1.807, 2.05) is 44.2 Å².